The number of piperazine rings is 1. The van der Waals surface area contributed by atoms with Gasteiger partial charge in [-0.05, 0) is 62.4 Å². The summed E-state index contributed by atoms with van der Waals surface area (Å²) in [6.45, 7) is 6.34. The third-order valence-corrected chi connectivity index (χ3v) is 5.94. The number of benzene rings is 1. The fraction of sp³-hybridized carbons (Fsp3) is 0.385. The van der Waals surface area contributed by atoms with E-state index in [0.717, 1.165) is 22.8 Å². The van der Waals surface area contributed by atoms with Gasteiger partial charge in [-0.2, -0.15) is 0 Å². The molecule has 1 fully saturated rings. The van der Waals surface area contributed by atoms with E-state index in [1.54, 1.807) is 30.4 Å². The van der Waals surface area contributed by atoms with Gasteiger partial charge in [0.15, 0.2) is 5.82 Å². The largest absolute Gasteiger partial charge is 0.497 e. The van der Waals surface area contributed by atoms with Crippen molar-refractivity contribution in [1.82, 2.24) is 25.3 Å². The number of amides is 3. The molecule has 0 spiro atoms. The Morgan fingerprint density at radius 1 is 1.06 bits per heavy atom. The monoisotopic (exact) mass is 492 g/mol. The molecule has 10 nitrogen and oxygen atoms in total. The number of hydrogen-bond acceptors (Lipinski definition) is 7. The Morgan fingerprint density at radius 3 is 2.39 bits per heavy atom. The highest BCUT2D eigenvalue weighted by Crippen LogP contribution is 2.22. The number of rotatable bonds is 8. The van der Waals surface area contributed by atoms with Crippen LogP contribution in [-0.4, -0.2) is 77.8 Å². The Labute approximate surface area is 210 Å². The molecule has 0 saturated carbocycles. The second-order valence-electron chi connectivity index (χ2n) is 8.91. The number of carbonyl (C=O) groups is 2. The van der Waals surface area contributed by atoms with E-state index in [0.29, 0.717) is 31.9 Å². The van der Waals surface area contributed by atoms with E-state index >= 15 is 0 Å². The van der Waals surface area contributed by atoms with Gasteiger partial charge >= 0.3 is 6.03 Å². The van der Waals surface area contributed by atoms with E-state index in [4.69, 9.17) is 9.15 Å². The molecular formula is C26H32N6O4. The Hall–Kier alpha value is -4.08. The molecule has 36 heavy (non-hydrogen) atoms. The number of carbonyl (C=O) groups excluding carboxylic acids is 2. The van der Waals surface area contributed by atoms with Crippen LogP contribution in [0, 0.1) is 0 Å². The van der Waals surface area contributed by atoms with E-state index in [9.17, 15) is 9.59 Å². The van der Waals surface area contributed by atoms with E-state index in [1.807, 2.05) is 50.2 Å². The maximum Gasteiger partial charge on any atom is 0.318 e. The lowest BCUT2D eigenvalue weighted by Crippen LogP contribution is -2.53. The number of ether oxygens (including phenoxy) is 1. The van der Waals surface area contributed by atoms with Gasteiger partial charge in [0, 0.05) is 37.8 Å². The van der Waals surface area contributed by atoms with Crippen molar-refractivity contribution < 1.29 is 18.7 Å². The summed E-state index contributed by atoms with van der Waals surface area (Å²) in [5.74, 6) is 2.10. The van der Waals surface area contributed by atoms with Crippen LogP contribution >= 0.6 is 0 Å². The number of anilines is 1. The highest BCUT2D eigenvalue weighted by Gasteiger charge is 2.26. The SMILES string of the molecule is COc1ccc(-c2ccc(N3CCN(C(=O)CN(Cc4ccco4)C(=O)NC(C)C)CC3)nn2)cc1. The van der Waals surface area contributed by atoms with Gasteiger partial charge < -0.3 is 29.2 Å². The fourth-order valence-corrected chi connectivity index (χ4v) is 3.99. The molecular weight excluding hydrogens is 460 g/mol. The van der Waals surface area contributed by atoms with E-state index in [-0.39, 0.29) is 31.1 Å². The van der Waals surface area contributed by atoms with Gasteiger partial charge in [-0.25, -0.2) is 4.79 Å². The lowest BCUT2D eigenvalue weighted by atomic mass is 10.1. The first-order chi connectivity index (χ1) is 17.4. The third-order valence-electron chi connectivity index (χ3n) is 5.94. The van der Waals surface area contributed by atoms with Crippen LogP contribution in [0.5, 0.6) is 5.75 Å². The number of nitrogens with zero attached hydrogens (tertiary/aromatic N) is 5. The second-order valence-corrected chi connectivity index (χ2v) is 8.91. The van der Waals surface area contributed by atoms with Crippen LogP contribution in [0.25, 0.3) is 11.3 Å². The minimum atomic E-state index is -0.291. The van der Waals surface area contributed by atoms with Gasteiger partial charge in [-0.15, -0.1) is 10.2 Å². The minimum Gasteiger partial charge on any atom is -0.497 e. The number of hydrogen-bond donors (Lipinski definition) is 1. The zero-order valence-electron chi connectivity index (χ0n) is 20.9. The molecule has 1 aliphatic heterocycles. The first kappa shape index (κ1) is 25.0. The molecule has 0 bridgehead atoms. The third kappa shape index (κ3) is 6.32. The maximum absolute atomic E-state index is 13.0. The average Bonchev–Trinajstić information content (AvgIpc) is 3.41. The van der Waals surface area contributed by atoms with Crippen molar-refractivity contribution in [3.8, 4) is 17.0 Å². The zero-order chi connectivity index (χ0) is 25.5. The molecule has 1 aliphatic rings. The summed E-state index contributed by atoms with van der Waals surface area (Å²) in [6.07, 6.45) is 1.56. The van der Waals surface area contributed by atoms with Gasteiger partial charge in [-0.3, -0.25) is 4.79 Å². The Morgan fingerprint density at radius 2 is 1.81 bits per heavy atom. The van der Waals surface area contributed by atoms with E-state index < -0.39 is 0 Å². The van der Waals surface area contributed by atoms with Gasteiger partial charge in [0.05, 0.1) is 25.6 Å². The Balaban J connectivity index is 1.33. The quantitative estimate of drug-likeness (QED) is 0.515. The van der Waals surface area contributed by atoms with Gasteiger partial charge in [0.25, 0.3) is 0 Å². The molecule has 1 N–H and O–H groups in total. The summed E-state index contributed by atoms with van der Waals surface area (Å²) >= 11 is 0. The van der Waals surface area contributed by atoms with Crippen molar-refractivity contribution in [3.05, 3.63) is 60.6 Å². The number of aromatic nitrogens is 2. The van der Waals surface area contributed by atoms with Gasteiger partial charge in [0.2, 0.25) is 5.91 Å². The Kier molecular flexibility index (Phi) is 8.04. The molecule has 0 atom stereocenters. The number of urea groups is 1. The van der Waals surface area contributed by atoms with Gasteiger partial charge in [-0.1, -0.05) is 0 Å². The van der Waals surface area contributed by atoms with E-state index in [2.05, 4.69) is 20.4 Å². The summed E-state index contributed by atoms with van der Waals surface area (Å²) in [4.78, 5) is 31.1. The summed E-state index contributed by atoms with van der Waals surface area (Å²) < 4.78 is 10.6. The van der Waals surface area contributed by atoms with Crippen LogP contribution in [0.3, 0.4) is 0 Å². The highest BCUT2D eigenvalue weighted by atomic mass is 16.5. The van der Waals surface area contributed by atoms with Crippen LogP contribution < -0.4 is 15.0 Å². The summed E-state index contributed by atoms with van der Waals surface area (Å²) in [7, 11) is 1.64. The number of methoxy groups -OCH3 is 1. The van der Waals surface area contributed by atoms with Crippen molar-refractivity contribution in [2.75, 3.05) is 44.7 Å². The van der Waals surface area contributed by atoms with Crippen molar-refractivity contribution in [3.63, 3.8) is 0 Å². The second kappa shape index (κ2) is 11.6. The lowest BCUT2D eigenvalue weighted by Gasteiger charge is -2.36. The minimum absolute atomic E-state index is 0.0182. The topological polar surface area (TPSA) is 104 Å². The molecule has 1 saturated heterocycles. The number of furan rings is 1. The van der Waals surface area contributed by atoms with Crippen LogP contribution in [0.1, 0.15) is 19.6 Å². The number of nitrogens with one attached hydrogen (secondary N) is 1. The van der Waals surface area contributed by atoms with Crippen molar-refractivity contribution >= 4 is 17.8 Å². The maximum atomic E-state index is 13.0. The molecule has 0 unspecified atom stereocenters. The first-order valence-corrected chi connectivity index (χ1v) is 12.0. The van der Waals surface area contributed by atoms with Crippen molar-refractivity contribution in [2.45, 2.75) is 26.4 Å². The molecule has 3 aromatic rings. The van der Waals surface area contributed by atoms with E-state index in [1.165, 1.54) is 4.90 Å². The standard InChI is InChI=1S/C26H32N6O4/c1-19(2)27-26(34)32(17-22-5-4-16-36-22)18-25(33)31-14-12-30(13-15-31)24-11-10-23(28-29-24)20-6-8-21(35-3)9-7-20/h4-11,16,19H,12-15,17-18H2,1-3H3,(H,27,34). The molecule has 2 aromatic heterocycles. The normalized spacial score (nSPS) is 13.6. The van der Waals surface area contributed by atoms with Gasteiger partial charge in [0.1, 0.15) is 18.1 Å². The highest BCUT2D eigenvalue weighted by molar-refractivity contribution is 5.84. The van der Waals surface area contributed by atoms with Crippen LogP contribution in [0.4, 0.5) is 10.6 Å². The summed E-state index contributed by atoms with van der Waals surface area (Å²) in [6, 6.07) is 14.8. The summed E-state index contributed by atoms with van der Waals surface area (Å²) in [5, 5.41) is 11.6. The Bertz CT molecular complexity index is 1120. The fourth-order valence-electron chi connectivity index (χ4n) is 3.99. The van der Waals surface area contributed by atoms with Crippen LogP contribution in [-0.2, 0) is 11.3 Å². The summed E-state index contributed by atoms with van der Waals surface area (Å²) in [5.41, 5.74) is 1.75. The van der Waals surface area contributed by atoms with Crippen LogP contribution in [0.15, 0.2) is 59.2 Å². The molecule has 4 rings (SSSR count). The van der Waals surface area contributed by atoms with Crippen molar-refractivity contribution in [1.29, 1.82) is 0 Å². The molecule has 3 amide bonds. The zero-order valence-corrected chi connectivity index (χ0v) is 20.9. The predicted molar refractivity (Wildman–Crippen MR) is 136 cm³/mol. The molecule has 10 heteroatoms. The average molecular weight is 493 g/mol. The molecule has 0 radical (unpaired) electrons. The molecule has 3 heterocycles. The molecule has 0 aliphatic carbocycles. The first-order valence-electron chi connectivity index (χ1n) is 12.0. The smallest absolute Gasteiger partial charge is 0.318 e. The predicted octanol–water partition coefficient (Wildman–Crippen LogP) is 3.01. The lowest BCUT2D eigenvalue weighted by molar-refractivity contribution is -0.132. The van der Waals surface area contributed by atoms with Crippen LogP contribution in [0.2, 0.25) is 0 Å². The molecule has 190 valence electrons. The molecule has 1 aromatic carbocycles. The van der Waals surface area contributed by atoms with Crippen molar-refractivity contribution in [2.24, 2.45) is 0 Å².